The fourth-order valence-electron chi connectivity index (χ4n) is 3.59. The number of hydrogen-bond acceptors (Lipinski definition) is 8. The van der Waals surface area contributed by atoms with E-state index in [1.54, 1.807) is 33.5 Å². The highest BCUT2D eigenvalue weighted by Crippen LogP contribution is 2.37. The molecule has 2 rings (SSSR count). The van der Waals surface area contributed by atoms with E-state index in [0.717, 1.165) is 5.56 Å². The molecule has 0 bridgehead atoms. The van der Waals surface area contributed by atoms with Gasteiger partial charge in [0.15, 0.2) is 0 Å². The quantitative estimate of drug-likeness (QED) is 0.431. The molecule has 1 fully saturated rings. The van der Waals surface area contributed by atoms with Crippen molar-refractivity contribution in [2.75, 3.05) is 41.6 Å². The van der Waals surface area contributed by atoms with Crippen LogP contribution in [-0.2, 0) is 25.6 Å². The van der Waals surface area contributed by atoms with E-state index < -0.39 is 6.04 Å². The van der Waals surface area contributed by atoms with Crippen LogP contribution in [0.15, 0.2) is 24.8 Å². The Labute approximate surface area is 171 Å². The third-order valence-electron chi connectivity index (χ3n) is 4.96. The van der Waals surface area contributed by atoms with Crippen molar-refractivity contribution in [1.82, 2.24) is 4.90 Å². The molecule has 8 heteroatoms. The summed E-state index contributed by atoms with van der Waals surface area (Å²) in [6.45, 7) is 4.65. The Bertz CT molecular complexity index is 709. The van der Waals surface area contributed by atoms with Crippen molar-refractivity contribution in [2.24, 2.45) is 5.92 Å². The minimum Gasteiger partial charge on any atom is -0.496 e. The molecule has 1 aromatic rings. The third-order valence-corrected chi connectivity index (χ3v) is 4.96. The van der Waals surface area contributed by atoms with E-state index in [1.165, 1.54) is 13.2 Å². The number of nitrogens with zero attached hydrogens (tertiary/aromatic N) is 1. The molecule has 0 spiro atoms. The maximum absolute atomic E-state index is 12.4. The van der Waals surface area contributed by atoms with Crippen LogP contribution in [0.4, 0.5) is 0 Å². The van der Waals surface area contributed by atoms with Gasteiger partial charge in [-0.25, -0.2) is 0 Å². The first-order valence-corrected chi connectivity index (χ1v) is 9.34. The largest absolute Gasteiger partial charge is 0.496 e. The summed E-state index contributed by atoms with van der Waals surface area (Å²) in [5.41, 5.74) is 0.791. The van der Waals surface area contributed by atoms with E-state index in [2.05, 4.69) is 6.58 Å². The van der Waals surface area contributed by atoms with Crippen LogP contribution in [0, 0.1) is 5.92 Å². The van der Waals surface area contributed by atoms with E-state index in [9.17, 15) is 9.59 Å². The van der Waals surface area contributed by atoms with Crippen LogP contribution in [-0.4, -0.2) is 64.5 Å². The normalized spacial score (nSPS) is 18.8. The SMILES string of the molecule is C=CCOC(=O)C[C@H]1C[C@@H](C(=O)OC)N(Cc2c(OC)cc(OC)cc2OC)C1. The lowest BCUT2D eigenvalue weighted by Gasteiger charge is -2.24. The number of rotatable bonds is 10. The van der Waals surface area contributed by atoms with Crippen LogP contribution in [0.3, 0.4) is 0 Å². The molecule has 1 saturated heterocycles. The van der Waals surface area contributed by atoms with Crippen molar-refractivity contribution in [3.8, 4) is 17.2 Å². The molecule has 1 heterocycles. The Balaban J connectivity index is 2.23. The summed E-state index contributed by atoms with van der Waals surface area (Å²) in [4.78, 5) is 26.3. The Morgan fingerprint density at radius 2 is 1.79 bits per heavy atom. The molecular formula is C21H29NO7. The number of esters is 2. The van der Waals surface area contributed by atoms with E-state index in [1.807, 2.05) is 4.90 Å². The first-order chi connectivity index (χ1) is 14.0. The van der Waals surface area contributed by atoms with Gasteiger partial charge >= 0.3 is 11.9 Å². The molecule has 160 valence electrons. The molecule has 0 aromatic heterocycles. The van der Waals surface area contributed by atoms with E-state index in [-0.39, 0.29) is 30.9 Å². The van der Waals surface area contributed by atoms with Gasteiger partial charge in [-0.05, 0) is 12.3 Å². The lowest BCUT2D eigenvalue weighted by Crippen LogP contribution is -2.36. The minimum atomic E-state index is -0.464. The van der Waals surface area contributed by atoms with Gasteiger partial charge in [-0.2, -0.15) is 0 Å². The maximum atomic E-state index is 12.4. The highest BCUT2D eigenvalue weighted by atomic mass is 16.5. The van der Waals surface area contributed by atoms with Gasteiger partial charge in [0.1, 0.15) is 29.9 Å². The van der Waals surface area contributed by atoms with Gasteiger partial charge < -0.3 is 23.7 Å². The number of carbonyl (C=O) groups excluding carboxylic acids is 2. The topological polar surface area (TPSA) is 83.5 Å². The Morgan fingerprint density at radius 1 is 1.14 bits per heavy atom. The molecule has 0 unspecified atom stereocenters. The second kappa shape index (κ2) is 10.7. The first kappa shape index (κ1) is 22.5. The van der Waals surface area contributed by atoms with Gasteiger partial charge in [-0.3, -0.25) is 14.5 Å². The van der Waals surface area contributed by atoms with Crippen LogP contribution in [0.5, 0.6) is 17.2 Å². The van der Waals surface area contributed by atoms with E-state index in [0.29, 0.717) is 36.8 Å². The Morgan fingerprint density at radius 3 is 2.31 bits per heavy atom. The summed E-state index contributed by atoms with van der Waals surface area (Å²) in [5, 5.41) is 0. The average Bonchev–Trinajstić information content (AvgIpc) is 3.13. The van der Waals surface area contributed by atoms with Gasteiger partial charge in [-0.1, -0.05) is 12.7 Å². The third kappa shape index (κ3) is 5.63. The van der Waals surface area contributed by atoms with Crippen molar-refractivity contribution in [3.63, 3.8) is 0 Å². The molecule has 0 amide bonds. The molecular weight excluding hydrogens is 378 g/mol. The molecule has 0 aliphatic carbocycles. The Kier molecular flexibility index (Phi) is 8.33. The number of carbonyl (C=O) groups is 2. The molecule has 2 atom stereocenters. The molecule has 0 N–H and O–H groups in total. The fourth-order valence-corrected chi connectivity index (χ4v) is 3.59. The second-order valence-corrected chi connectivity index (χ2v) is 6.76. The van der Waals surface area contributed by atoms with Gasteiger partial charge in [0.25, 0.3) is 0 Å². The fraction of sp³-hybridized carbons (Fsp3) is 0.524. The maximum Gasteiger partial charge on any atom is 0.323 e. The highest BCUT2D eigenvalue weighted by Gasteiger charge is 2.39. The summed E-state index contributed by atoms with van der Waals surface area (Å²) in [6, 6.07) is 3.07. The number of methoxy groups -OCH3 is 4. The van der Waals surface area contributed by atoms with Crippen LogP contribution in [0.25, 0.3) is 0 Å². The van der Waals surface area contributed by atoms with Crippen molar-refractivity contribution < 1.29 is 33.3 Å². The summed E-state index contributed by atoms with van der Waals surface area (Å²) in [7, 11) is 6.06. The van der Waals surface area contributed by atoms with Crippen LogP contribution in [0.2, 0.25) is 0 Å². The van der Waals surface area contributed by atoms with Gasteiger partial charge in [-0.15, -0.1) is 0 Å². The van der Waals surface area contributed by atoms with Crippen molar-refractivity contribution >= 4 is 11.9 Å². The molecule has 29 heavy (non-hydrogen) atoms. The summed E-state index contributed by atoms with van der Waals surface area (Å²) >= 11 is 0. The molecule has 1 aromatic carbocycles. The lowest BCUT2D eigenvalue weighted by atomic mass is 10.0. The number of likely N-dealkylation sites (tertiary alicyclic amines) is 1. The van der Waals surface area contributed by atoms with Crippen LogP contribution >= 0.6 is 0 Å². The van der Waals surface area contributed by atoms with Crippen molar-refractivity contribution in [3.05, 3.63) is 30.4 Å². The standard InChI is InChI=1S/C21H29NO7/c1-6-7-29-20(23)9-14-8-17(21(24)28-5)22(12-14)13-16-18(26-3)10-15(25-2)11-19(16)27-4/h6,10-11,14,17H,1,7-9,12-13H2,2-5H3/t14-,17+/m1/s1. The summed E-state index contributed by atoms with van der Waals surface area (Å²) < 4.78 is 26.4. The molecule has 0 radical (unpaired) electrons. The number of benzene rings is 1. The predicted octanol–water partition coefficient (Wildman–Crippen LogP) is 2.20. The highest BCUT2D eigenvalue weighted by molar-refractivity contribution is 5.76. The molecule has 1 aliphatic rings. The van der Waals surface area contributed by atoms with E-state index in [4.69, 9.17) is 23.7 Å². The molecule has 0 saturated carbocycles. The smallest absolute Gasteiger partial charge is 0.323 e. The lowest BCUT2D eigenvalue weighted by molar-refractivity contribution is -0.146. The monoisotopic (exact) mass is 407 g/mol. The number of hydrogen-bond donors (Lipinski definition) is 0. The van der Waals surface area contributed by atoms with E-state index >= 15 is 0 Å². The van der Waals surface area contributed by atoms with Crippen molar-refractivity contribution in [2.45, 2.75) is 25.4 Å². The van der Waals surface area contributed by atoms with Gasteiger partial charge in [0.05, 0.1) is 34.0 Å². The van der Waals surface area contributed by atoms with Gasteiger partial charge in [0, 0.05) is 31.6 Å². The zero-order valence-electron chi connectivity index (χ0n) is 17.4. The molecule has 1 aliphatic heterocycles. The van der Waals surface area contributed by atoms with Crippen molar-refractivity contribution in [1.29, 1.82) is 0 Å². The minimum absolute atomic E-state index is 0.0216. The zero-order chi connectivity index (χ0) is 21.4. The second-order valence-electron chi connectivity index (χ2n) is 6.76. The zero-order valence-corrected chi connectivity index (χ0v) is 17.4. The Hall–Kier alpha value is -2.74. The number of ether oxygens (including phenoxy) is 5. The predicted molar refractivity (Wildman–Crippen MR) is 106 cm³/mol. The summed E-state index contributed by atoms with van der Waals surface area (Å²) in [5.74, 6) is 1.14. The molecule has 8 nitrogen and oxygen atoms in total. The van der Waals surface area contributed by atoms with Gasteiger partial charge in [0.2, 0.25) is 0 Å². The van der Waals surface area contributed by atoms with Crippen LogP contribution < -0.4 is 14.2 Å². The van der Waals surface area contributed by atoms with Crippen LogP contribution in [0.1, 0.15) is 18.4 Å². The average molecular weight is 407 g/mol. The first-order valence-electron chi connectivity index (χ1n) is 9.34. The summed E-state index contributed by atoms with van der Waals surface area (Å²) in [6.07, 6.45) is 2.27.